The molecule has 1 aromatic heterocycles. The molecular formula is C18H25N3O2. The zero-order valence-electron chi connectivity index (χ0n) is 14.4. The first-order valence-corrected chi connectivity index (χ1v) is 7.84. The zero-order chi connectivity index (χ0) is 17.0. The van der Waals surface area contributed by atoms with Crippen LogP contribution in [0.25, 0.3) is 0 Å². The highest BCUT2D eigenvalue weighted by atomic mass is 16.5. The van der Waals surface area contributed by atoms with Crippen LogP contribution < -0.4 is 10.6 Å². The maximum absolute atomic E-state index is 12.2. The van der Waals surface area contributed by atoms with Gasteiger partial charge in [-0.2, -0.15) is 0 Å². The second kappa shape index (κ2) is 6.86. The van der Waals surface area contributed by atoms with E-state index in [0.29, 0.717) is 6.54 Å². The molecule has 5 heteroatoms. The van der Waals surface area contributed by atoms with Crippen molar-refractivity contribution in [2.24, 2.45) is 0 Å². The highest BCUT2D eigenvalue weighted by Gasteiger charge is 2.29. The number of hydrogen-bond acceptors (Lipinski definition) is 3. The van der Waals surface area contributed by atoms with E-state index in [1.54, 1.807) is 0 Å². The van der Waals surface area contributed by atoms with Gasteiger partial charge in [-0.25, -0.2) is 4.79 Å². The molecule has 0 fully saturated rings. The molecule has 0 aliphatic heterocycles. The van der Waals surface area contributed by atoms with E-state index in [0.717, 1.165) is 17.0 Å². The summed E-state index contributed by atoms with van der Waals surface area (Å²) in [7, 11) is 0. The summed E-state index contributed by atoms with van der Waals surface area (Å²) in [6, 6.07) is 9.98. The number of aryl methyl sites for hydroxylation is 2. The van der Waals surface area contributed by atoms with Crippen LogP contribution in [-0.2, 0) is 12.0 Å². The van der Waals surface area contributed by atoms with Crippen LogP contribution in [0.1, 0.15) is 43.4 Å². The highest BCUT2D eigenvalue weighted by molar-refractivity contribution is 5.74. The minimum absolute atomic E-state index is 0.0189. The number of rotatable bonds is 5. The minimum atomic E-state index is -0.193. The molecule has 0 radical (unpaired) electrons. The SMILES string of the molecule is Cc1noc(C)c1CNC(=O)NC(C)C(C)(C)c1ccccc1. The van der Waals surface area contributed by atoms with Gasteiger partial charge in [0.25, 0.3) is 0 Å². The maximum atomic E-state index is 12.2. The molecule has 124 valence electrons. The monoisotopic (exact) mass is 315 g/mol. The van der Waals surface area contributed by atoms with E-state index in [4.69, 9.17) is 4.52 Å². The van der Waals surface area contributed by atoms with Gasteiger partial charge in [-0.05, 0) is 26.3 Å². The second-order valence-corrected chi connectivity index (χ2v) is 6.44. The van der Waals surface area contributed by atoms with Crippen LogP contribution in [0.3, 0.4) is 0 Å². The lowest BCUT2D eigenvalue weighted by atomic mass is 9.78. The van der Waals surface area contributed by atoms with Crippen LogP contribution in [0.15, 0.2) is 34.9 Å². The molecule has 0 saturated carbocycles. The highest BCUT2D eigenvalue weighted by Crippen LogP contribution is 2.26. The van der Waals surface area contributed by atoms with Crippen LogP contribution >= 0.6 is 0 Å². The molecule has 2 aromatic rings. The van der Waals surface area contributed by atoms with E-state index in [1.165, 1.54) is 5.56 Å². The lowest BCUT2D eigenvalue weighted by Gasteiger charge is -2.33. The van der Waals surface area contributed by atoms with Gasteiger partial charge in [0.15, 0.2) is 0 Å². The van der Waals surface area contributed by atoms with Gasteiger partial charge in [0.1, 0.15) is 5.76 Å². The normalized spacial score (nSPS) is 12.7. The maximum Gasteiger partial charge on any atom is 0.315 e. The third-order valence-electron chi connectivity index (χ3n) is 4.55. The minimum Gasteiger partial charge on any atom is -0.361 e. The third kappa shape index (κ3) is 3.92. The number of carbonyl (C=O) groups excluding carboxylic acids is 1. The largest absolute Gasteiger partial charge is 0.361 e. The standard InChI is InChI=1S/C18H25N3O2/c1-12-16(13(2)23-21-12)11-19-17(22)20-14(3)18(4,5)15-9-7-6-8-10-15/h6-10,14H,11H2,1-5H3,(H2,19,20,22). The lowest BCUT2D eigenvalue weighted by molar-refractivity contribution is 0.231. The van der Waals surface area contributed by atoms with Gasteiger partial charge in [-0.1, -0.05) is 49.3 Å². The summed E-state index contributed by atoms with van der Waals surface area (Å²) in [4.78, 5) is 12.2. The number of amides is 2. The van der Waals surface area contributed by atoms with Crippen molar-refractivity contribution in [2.45, 2.75) is 52.6 Å². The fourth-order valence-corrected chi connectivity index (χ4v) is 2.47. The predicted octanol–water partition coefficient (Wildman–Crippen LogP) is 3.46. The van der Waals surface area contributed by atoms with Crippen LogP contribution in [0.4, 0.5) is 4.79 Å². The molecule has 0 aliphatic carbocycles. The van der Waals surface area contributed by atoms with Gasteiger partial charge >= 0.3 is 6.03 Å². The van der Waals surface area contributed by atoms with E-state index in [9.17, 15) is 4.79 Å². The molecule has 5 nitrogen and oxygen atoms in total. The molecule has 1 unspecified atom stereocenters. The summed E-state index contributed by atoms with van der Waals surface area (Å²) in [6.07, 6.45) is 0. The Morgan fingerprint density at radius 3 is 2.48 bits per heavy atom. The van der Waals surface area contributed by atoms with Gasteiger partial charge < -0.3 is 15.2 Å². The number of nitrogens with zero attached hydrogens (tertiary/aromatic N) is 1. The molecule has 0 saturated heterocycles. The quantitative estimate of drug-likeness (QED) is 0.888. The Hall–Kier alpha value is -2.30. The van der Waals surface area contributed by atoms with Crippen LogP contribution in [0.5, 0.6) is 0 Å². The smallest absolute Gasteiger partial charge is 0.315 e. The van der Waals surface area contributed by atoms with E-state index < -0.39 is 0 Å². The molecule has 1 heterocycles. The topological polar surface area (TPSA) is 67.2 Å². The van der Waals surface area contributed by atoms with Crippen molar-refractivity contribution in [1.29, 1.82) is 0 Å². The lowest BCUT2D eigenvalue weighted by Crippen LogP contribution is -2.49. The Morgan fingerprint density at radius 1 is 1.26 bits per heavy atom. The summed E-state index contributed by atoms with van der Waals surface area (Å²) in [5.41, 5.74) is 2.76. The van der Waals surface area contributed by atoms with E-state index in [1.807, 2.05) is 39.0 Å². The first-order chi connectivity index (χ1) is 10.8. The molecule has 1 aromatic carbocycles. The Balaban J connectivity index is 1.94. The number of nitrogens with one attached hydrogen (secondary N) is 2. The van der Waals surface area contributed by atoms with Crippen molar-refractivity contribution in [2.75, 3.05) is 0 Å². The van der Waals surface area contributed by atoms with Crippen molar-refractivity contribution < 1.29 is 9.32 Å². The molecule has 2 amide bonds. The van der Waals surface area contributed by atoms with Crippen molar-refractivity contribution in [3.8, 4) is 0 Å². The molecule has 1 atom stereocenters. The van der Waals surface area contributed by atoms with Crippen molar-refractivity contribution in [3.05, 3.63) is 52.9 Å². The fourth-order valence-electron chi connectivity index (χ4n) is 2.47. The average Bonchev–Trinajstić information content (AvgIpc) is 2.84. The summed E-state index contributed by atoms with van der Waals surface area (Å²) in [5, 5.41) is 9.78. The molecule has 2 rings (SSSR count). The van der Waals surface area contributed by atoms with Gasteiger partial charge in [-0.3, -0.25) is 0 Å². The molecule has 0 spiro atoms. The van der Waals surface area contributed by atoms with Crippen LogP contribution in [0, 0.1) is 13.8 Å². The van der Waals surface area contributed by atoms with Crippen molar-refractivity contribution >= 4 is 6.03 Å². The number of hydrogen-bond donors (Lipinski definition) is 2. The van der Waals surface area contributed by atoms with Gasteiger partial charge in [0.05, 0.1) is 5.69 Å². The molecular weight excluding hydrogens is 290 g/mol. The Labute approximate surface area is 137 Å². The first kappa shape index (κ1) is 17.1. The van der Waals surface area contributed by atoms with Crippen LogP contribution in [-0.4, -0.2) is 17.2 Å². The molecule has 0 aliphatic rings. The summed E-state index contributed by atoms with van der Waals surface area (Å²) >= 11 is 0. The predicted molar refractivity (Wildman–Crippen MR) is 90.3 cm³/mol. The van der Waals surface area contributed by atoms with Gasteiger partial charge in [-0.15, -0.1) is 0 Å². The molecule has 2 N–H and O–H groups in total. The average molecular weight is 315 g/mol. The number of urea groups is 1. The number of carbonyl (C=O) groups is 1. The fraction of sp³-hybridized carbons (Fsp3) is 0.444. The zero-order valence-corrected chi connectivity index (χ0v) is 14.4. The first-order valence-electron chi connectivity index (χ1n) is 7.84. The summed E-state index contributed by atoms with van der Waals surface area (Å²) in [6.45, 7) is 10.4. The van der Waals surface area contributed by atoms with Gasteiger partial charge in [0, 0.05) is 23.6 Å². The van der Waals surface area contributed by atoms with Crippen molar-refractivity contribution in [3.63, 3.8) is 0 Å². The van der Waals surface area contributed by atoms with E-state index in [-0.39, 0.29) is 17.5 Å². The molecule has 23 heavy (non-hydrogen) atoms. The Morgan fingerprint density at radius 2 is 1.91 bits per heavy atom. The number of benzene rings is 1. The summed E-state index contributed by atoms with van der Waals surface area (Å²) < 4.78 is 5.10. The number of aromatic nitrogens is 1. The molecule has 0 bridgehead atoms. The summed E-state index contributed by atoms with van der Waals surface area (Å²) in [5.74, 6) is 0.737. The Kier molecular flexibility index (Phi) is 5.08. The van der Waals surface area contributed by atoms with Crippen molar-refractivity contribution in [1.82, 2.24) is 15.8 Å². The Bertz CT molecular complexity index is 643. The van der Waals surface area contributed by atoms with E-state index in [2.05, 4.69) is 41.8 Å². The third-order valence-corrected chi connectivity index (χ3v) is 4.55. The second-order valence-electron chi connectivity index (χ2n) is 6.44. The van der Waals surface area contributed by atoms with E-state index >= 15 is 0 Å². The van der Waals surface area contributed by atoms with Crippen LogP contribution in [0.2, 0.25) is 0 Å². The van der Waals surface area contributed by atoms with Gasteiger partial charge in [0.2, 0.25) is 0 Å².